The van der Waals surface area contributed by atoms with E-state index in [4.69, 9.17) is 16.3 Å². The van der Waals surface area contributed by atoms with Gasteiger partial charge in [0.1, 0.15) is 0 Å². The summed E-state index contributed by atoms with van der Waals surface area (Å²) in [5, 5.41) is 11.2. The molecular weight excluding hydrogens is 300 g/mol. The maximum absolute atomic E-state index is 12.2. The Kier molecular flexibility index (Phi) is 5.99. The van der Waals surface area contributed by atoms with Crippen molar-refractivity contribution in [2.45, 2.75) is 19.4 Å². The van der Waals surface area contributed by atoms with E-state index in [0.29, 0.717) is 17.0 Å². The van der Waals surface area contributed by atoms with Crippen molar-refractivity contribution in [1.29, 1.82) is 0 Å². The number of halogens is 1. The van der Waals surface area contributed by atoms with Crippen molar-refractivity contribution in [1.82, 2.24) is 0 Å². The molecule has 2 rings (SSSR count). The quantitative estimate of drug-likeness (QED) is 0.824. The second-order valence-corrected chi connectivity index (χ2v) is 5.48. The SMILES string of the molecule is CCOC(=O)[C@H](Cc1ccc(Cl)cc1)[C@H](O)c1ccccc1. The van der Waals surface area contributed by atoms with Gasteiger partial charge in [-0.2, -0.15) is 0 Å². The lowest BCUT2D eigenvalue weighted by molar-refractivity contribution is -0.152. The van der Waals surface area contributed by atoms with Crippen molar-refractivity contribution in [3.8, 4) is 0 Å². The summed E-state index contributed by atoms with van der Waals surface area (Å²) in [4.78, 5) is 12.2. The van der Waals surface area contributed by atoms with Gasteiger partial charge in [0.2, 0.25) is 0 Å². The smallest absolute Gasteiger partial charge is 0.312 e. The third-order valence-corrected chi connectivity index (χ3v) is 3.73. The molecule has 0 radical (unpaired) electrons. The number of hydrogen-bond donors (Lipinski definition) is 1. The first kappa shape index (κ1) is 16.5. The molecule has 0 spiro atoms. The first-order valence-corrected chi connectivity index (χ1v) is 7.63. The van der Waals surface area contributed by atoms with Crippen LogP contribution in [0.3, 0.4) is 0 Å². The number of carbonyl (C=O) groups excluding carboxylic acids is 1. The standard InChI is InChI=1S/C18H19ClO3/c1-2-22-18(21)16(12-13-8-10-15(19)11-9-13)17(20)14-6-4-3-5-7-14/h3-11,16-17,20H,2,12H2,1H3/t16-,17-/m1/s1. The Hall–Kier alpha value is -1.84. The van der Waals surface area contributed by atoms with Gasteiger partial charge in [0.25, 0.3) is 0 Å². The molecule has 4 heteroatoms. The van der Waals surface area contributed by atoms with Gasteiger partial charge in [0.15, 0.2) is 0 Å². The molecule has 2 aromatic carbocycles. The van der Waals surface area contributed by atoms with E-state index in [9.17, 15) is 9.90 Å². The Bertz CT molecular complexity index is 595. The van der Waals surface area contributed by atoms with E-state index in [2.05, 4.69) is 0 Å². The van der Waals surface area contributed by atoms with Crippen LogP contribution >= 0.6 is 11.6 Å². The average Bonchev–Trinajstić information content (AvgIpc) is 2.54. The summed E-state index contributed by atoms with van der Waals surface area (Å²) < 4.78 is 5.12. The predicted octanol–water partition coefficient (Wildman–Crippen LogP) is 3.80. The minimum atomic E-state index is -0.907. The maximum atomic E-state index is 12.2. The summed E-state index contributed by atoms with van der Waals surface area (Å²) in [6.45, 7) is 2.05. The van der Waals surface area contributed by atoms with E-state index in [0.717, 1.165) is 5.56 Å². The molecule has 0 aromatic heterocycles. The van der Waals surface area contributed by atoms with Gasteiger partial charge in [0.05, 0.1) is 18.6 Å². The molecule has 3 nitrogen and oxygen atoms in total. The van der Waals surface area contributed by atoms with Gasteiger partial charge in [-0.3, -0.25) is 4.79 Å². The van der Waals surface area contributed by atoms with E-state index >= 15 is 0 Å². The Balaban J connectivity index is 2.22. The van der Waals surface area contributed by atoms with E-state index < -0.39 is 18.0 Å². The lowest BCUT2D eigenvalue weighted by Gasteiger charge is -2.22. The minimum Gasteiger partial charge on any atom is -0.466 e. The molecule has 0 bridgehead atoms. The normalized spacial score (nSPS) is 13.4. The Morgan fingerprint density at radius 2 is 1.77 bits per heavy atom. The van der Waals surface area contributed by atoms with Gasteiger partial charge in [-0.1, -0.05) is 54.1 Å². The molecule has 2 atom stereocenters. The van der Waals surface area contributed by atoms with Gasteiger partial charge in [-0.05, 0) is 36.6 Å². The van der Waals surface area contributed by atoms with E-state index in [1.54, 1.807) is 31.2 Å². The van der Waals surface area contributed by atoms with Crippen molar-refractivity contribution in [2.24, 2.45) is 5.92 Å². The molecule has 2 aromatic rings. The van der Waals surface area contributed by atoms with Crippen molar-refractivity contribution < 1.29 is 14.6 Å². The Morgan fingerprint density at radius 1 is 1.14 bits per heavy atom. The summed E-state index contributed by atoms with van der Waals surface area (Å²) in [6.07, 6.45) is -0.512. The summed E-state index contributed by atoms with van der Waals surface area (Å²) in [6, 6.07) is 16.4. The Labute approximate surface area is 135 Å². The van der Waals surface area contributed by atoms with Crippen LogP contribution < -0.4 is 0 Å². The zero-order valence-corrected chi connectivity index (χ0v) is 13.2. The van der Waals surface area contributed by atoms with Crippen molar-refractivity contribution in [3.05, 3.63) is 70.7 Å². The molecule has 0 unspecified atom stereocenters. The zero-order valence-electron chi connectivity index (χ0n) is 12.4. The van der Waals surface area contributed by atoms with Crippen molar-refractivity contribution in [2.75, 3.05) is 6.61 Å². The number of carbonyl (C=O) groups is 1. The molecule has 1 N–H and O–H groups in total. The van der Waals surface area contributed by atoms with Gasteiger partial charge >= 0.3 is 5.97 Å². The van der Waals surface area contributed by atoms with Gasteiger partial charge in [-0.25, -0.2) is 0 Å². The van der Waals surface area contributed by atoms with E-state index in [1.807, 2.05) is 30.3 Å². The molecule has 0 saturated heterocycles. The predicted molar refractivity (Wildman–Crippen MR) is 86.7 cm³/mol. The average molecular weight is 319 g/mol. The molecule has 0 aliphatic rings. The summed E-state index contributed by atoms with van der Waals surface area (Å²) in [5.74, 6) is -1.04. The monoisotopic (exact) mass is 318 g/mol. The second kappa shape index (κ2) is 7.97. The van der Waals surface area contributed by atoms with Gasteiger partial charge in [0, 0.05) is 5.02 Å². The molecule has 22 heavy (non-hydrogen) atoms. The van der Waals surface area contributed by atoms with Gasteiger partial charge in [-0.15, -0.1) is 0 Å². The maximum Gasteiger partial charge on any atom is 0.312 e. The second-order valence-electron chi connectivity index (χ2n) is 5.04. The topological polar surface area (TPSA) is 46.5 Å². The number of hydrogen-bond acceptors (Lipinski definition) is 3. The van der Waals surface area contributed by atoms with Crippen LogP contribution in [0.4, 0.5) is 0 Å². The first-order valence-electron chi connectivity index (χ1n) is 7.26. The zero-order chi connectivity index (χ0) is 15.9. The number of aliphatic hydroxyl groups excluding tert-OH is 1. The van der Waals surface area contributed by atoms with E-state index in [-0.39, 0.29) is 6.61 Å². The van der Waals surface area contributed by atoms with Crippen LogP contribution in [-0.2, 0) is 16.0 Å². The summed E-state index contributed by atoms with van der Waals surface area (Å²) in [7, 11) is 0. The lowest BCUT2D eigenvalue weighted by Crippen LogP contribution is -2.26. The fourth-order valence-electron chi connectivity index (χ4n) is 2.33. The molecule has 0 saturated carbocycles. The molecule has 0 aliphatic heterocycles. The van der Waals surface area contributed by atoms with Crippen LogP contribution in [0.2, 0.25) is 5.02 Å². The minimum absolute atomic E-state index is 0.289. The fraction of sp³-hybridized carbons (Fsp3) is 0.278. The molecule has 0 amide bonds. The highest BCUT2D eigenvalue weighted by Crippen LogP contribution is 2.27. The Morgan fingerprint density at radius 3 is 2.36 bits per heavy atom. The molecule has 0 aliphatic carbocycles. The number of ether oxygens (including phenoxy) is 1. The highest BCUT2D eigenvalue weighted by atomic mass is 35.5. The number of esters is 1. The fourth-order valence-corrected chi connectivity index (χ4v) is 2.46. The highest BCUT2D eigenvalue weighted by Gasteiger charge is 2.29. The number of aliphatic hydroxyl groups is 1. The molecule has 0 heterocycles. The van der Waals surface area contributed by atoms with Crippen LogP contribution in [0.15, 0.2) is 54.6 Å². The number of rotatable bonds is 6. The highest BCUT2D eigenvalue weighted by molar-refractivity contribution is 6.30. The van der Waals surface area contributed by atoms with Crippen LogP contribution in [0.1, 0.15) is 24.2 Å². The molecule has 116 valence electrons. The van der Waals surface area contributed by atoms with Gasteiger partial charge < -0.3 is 9.84 Å². The van der Waals surface area contributed by atoms with Crippen molar-refractivity contribution in [3.63, 3.8) is 0 Å². The first-order chi connectivity index (χ1) is 10.6. The molecular formula is C18H19ClO3. The third kappa shape index (κ3) is 4.33. The summed E-state index contributed by atoms with van der Waals surface area (Å²) in [5.41, 5.74) is 1.63. The van der Waals surface area contributed by atoms with Crippen LogP contribution in [0.25, 0.3) is 0 Å². The lowest BCUT2D eigenvalue weighted by atomic mass is 9.90. The van der Waals surface area contributed by atoms with Crippen LogP contribution in [0.5, 0.6) is 0 Å². The summed E-state index contributed by atoms with van der Waals surface area (Å²) >= 11 is 5.88. The van der Waals surface area contributed by atoms with Crippen molar-refractivity contribution >= 4 is 17.6 Å². The largest absolute Gasteiger partial charge is 0.466 e. The van der Waals surface area contributed by atoms with Crippen LogP contribution in [-0.4, -0.2) is 17.7 Å². The van der Waals surface area contributed by atoms with E-state index in [1.165, 1.54) is 0 Å². The molecule has 0 fully saturated rings. The van der Waals surface area contributed by atoms with Crippen LogP contribution in [0, 0.1) is 5.92 Å². The third-order valence-electron chi connectivity index (χ3n) is 3.48. The number of benzene rings is 2.